The molecule has 2 N–H and O–H groups in total. The number of carbonyl (C=O) groups is 1. The van der Waals surface area contributed by atoms with Crippen molar-refractivity contribution in [2.75, 3.05) is 23.8 Å². The fourth-order valence-corrected chi connectivity index (χ4v) is 2.13. The molecule has 2 rings (SSSR count). The van der Waals surface area contributed by atoms with Gasteiger partial charge >= 0.3 is 18.9 Å². The molecule has 0 bridgehead atoms. The van der Waals surface area contributed by atoms with Crippen LogP contribution in [-0.2, 0) is 4.79 Å². The van der Waals surface area contributed by atoms with Gasteiger partial charge in [-0.05, 0) is 81.5 Å². The van der Waals surface area contributed by atoms with Crippen LogP contribution in [0.15, 0.2) is 48.5 Å². The quantitative estimate of drug-likeness (QED) is 0.411. The predicted octanol–water partition coefficient (Wildman–Crippen LogP) is 0.0531. The van der Waals surface area contributed by atoms with Gasteiger partial charge in [0.05, 0.1) is 13.2 Å². The molecule has 0 spiro atoms. The van der Waals surface area contributed by atoms with Crippen molar-refractivity contribution in [3.63, 3.8) is 0 Å². The van der Waals surface area contributed by atoms with Gasteiger partial charge < -0.3 is 30.0 Å². The van der Waals surface area contributed by atoms with Crippen LogP contribution in [-0.4, -0.2) is 24.3 Å². The van der Waals surface area contributed by atoms with Crippen LogP contribution in [0, 0.1) is 35.6 Å². The normalized spacial score (nSPS) is 8.68. The van der Waals surface area contributed by atoms with Gasteiger partial charge in [-0.1, -0.05) is 0 Å². The molecule has 0 aliphatic rings. The molecular weight excluding hydrogens is 498 g/mol. The van der Waals surface area contributed by atoms with E-state index in [0.29, 0.717) is 18.3 Å². The molecule has 0 aromatic heterocycles. The van der Waals surface area contributed by atoms with Gasteiger partial charge in [-0.25, -0.2) is 0 Å². The van der Waals surface area contributed by atoms with E-state index in [0.717, 1.165) is 29.8 Å². The Morgan fingerprint density at radius 1 is 0.893 bits per heavy atom. The Bertz CT molecular complexity index is 643. The van der Waals surface area contributed by atoms with Crippen LogP contribution in [0.2, 0.25) is 0 Å². The first-order valence-electron chi connectivity index (χ1n) is 8.15. The SMILES string of the molecule is CC(=O)[O-].CCOc1ccc(NC(=S)Nc2ccc(OCC)cc2)cc1.[La].[Li+]. The summed E-state index contributed by atoms with van der Waals surface area (Å²) in [6.07, 6.45) is 0. The molecule has 2 aromatic carbocycles. The maximum absolute atomic E-state index is 8.89. The summed E-state index contributed by atoms with van der Waals surface area (Å²) < 4.78 is 10.8. The van der Waals surface area contributed by atoms with Gasteiger partial charge in [0.1, 0.15) is 11.5 Å². The summed E-state index contributed by atoms with van der Waals surface area (Å²) >= 11 is 5.30. The van der Waals surface area contributed by atoms with E-state index in [1.807, 2.05) is 62.4 Å². The third-order valence-electron chi connectivity index (χ3n) is 2.85. The molecular formula is C19H23LaLiN2O4S. The van der Waals surface area contributed by atoms with Crippen LogP contribution in [0.25, 0.3) is 0 Å². The van der Waals surface area contributed by atoms with Crippen LogP contribution in [0.1, 0.15) is 20.8 Å². The van der Waals surface area contributed by atoms with E-state index in [2.05, 4.69) is 10.6 Å². The molecule has 0 heterocycles. The zero-order chi connectivity index (χ0) is 19.4. The summed E-state index contributed by atoms with van der Waals surface area (Å²) in [5, 5.41) is 15.7. The molecule has 2 aromatic rings. The number of anilines is 2. The number of rotatable bonds is 6. The molecule has 28 heavy (non-hydrogen) atoms. The van der Waals surface area contributed by atoms with Crippen molar-refractivity contribution in [1.29, 1.82) is 0 Å². The number of carboxylic acids is 1. The Hall–Kier alpha value is -1.01. The third kappa shape index (κ3) is 13.2. The minimum Gasteiger partial charge on any atom is -0.550 e. The molecule has 143 valence electrons. The zero-order valence-corrected chi connectivity index (χ0v) is 21.1. The van der Waals surface area contributed by atoms with E-state index < -0.39 is 5.97 Å². The number of benzene rings is 2. The summed E-state index contributed by atoms with van der Waals surface area (Å²) in [5.74, 6) is 0.608. The fraction of sp³-hybridized carbons (Fsp3) is 0.263. The van der Waals surface area contributed by atoms with Crippen LogP contribution in [0.5, 0.6) is 11.5 Å². The first-order chi connectivity index (χ1) is 12.4. The van der Waals surface area contributed by atoms with Crippen molar-refractivity contribution in [2.24, 2.45) is 0 Å². The van der Waals surface area contributed by atoms with Crippen LogP contribution in [0.4, 0.5) is 11.4 Å². The number of aliphatic carboxylic acids is 1. The average molecular weight is 521 g/mol. The number of hydrogen-bond acceptors (Lipinski definition) is 5. The van der Waals surface area contributed by atoms with Gasteiger partial charge in [-0.15, -0.1) is 0 Å². The van der Waals surface area contributed by atoms with Crippen molar-refractivity contribution >= 4 is 34.7 Å². The molecule has 0 saturated carbocycles. The Labute approximate surface area is 211 Å². The fourth-order valence-electron chi connectivity index (χ4n) is 1.90. The predicted molar refractivity (Wildman–Crippen MR) is 106 cm³/mol. The molecule has 6 nitrogen and oxygen atoms in total. The maximum atomic E-state index is 8.89. The van der Waals surface area contributed by atoms with Gasteiger partial charge in [0.15, 0.2) is 5.11 Å². The second kappa shape index (κ2) is 16.9. The molecule has 0 atom stereocenters. The maximum Gasteiger partial charge on any atom is 1.00 e. The molecule has 0 aliphatic heterocycles. The second-order valence-electron chi connectivity index (χ2n) is 4.99. The van der Waals surface area contributed by atoms with Gasteiger partial charge in [-0.3, -0.25) is 0 Å². The topological polar surface area (TPSA) is 82.7 Å². The van der Waals surface area contributed by atoms with E-state index in [-0.39, 0.29) is 54.5 Å². The summed E-state index contributed by atoms with van der Waals surface area (Å²) in [7, 11) is 0. The molecule has 0 saturated heterocycles. The summed E-state index contributed by atoms with van der Waals surface area (Å²) in [5.41, 5.74) is 1.82. The first kappa shape index (κ1) is 29.2. The minimum atomic E-state index is -1.08. The summed E-state index contributed by atoms with van der Waals surface area (Å²) in [4.78, 5) is 8.89. The molecule has 1 radical (unpaired) electrons. The van der Waals surface area contributed by atoms with E-state index in [1.54, 1.807) is 0 Å². The number of carboxylic acid groups (broad SMARTS) is 1. The molecule has 9 heteroatoms. The van der Waals surface area contributed by atoms with Gasteiger partial charge in [0, 0.05) is 52.9 Å². The van der Waals surface area contributed by atoms with Crippen molar-refractivity contribution in [2.45, 2.75) is 20.8 Å². The average Bonchev–Trinajstić information content (AvgIpc) is 2.58. The second-order valence-corrected chi connectivity index (χ2v) is 5.39. The van der Waals surface area contributed by atoms with Gasteiger partial charge in [-0.2, -0.15) is 0 Å². The Morgan fingerprint density at radius 3 is 1.43 bits per heavy atom. The number of hydrogen-bond donors (Lipinski definition) is 2. The molecule has 0 amide bonds. The molecule has 0 fully saturated rings. The Morgan fingerprint density at radius 2 is 1.18 bits per heavy atom. The first-order valence-corrected chi connectivity index (χ1v) is 8.56. The monoisotopic (exact) mass is 521 g/mol. The number of ether oxygens (including phenoxy) is 2. The number of thiocarbonyl (C=S) groups is 1. The van der Waals surface area contributed by atoms with Gasteiger partial charge in [0.25, 0.3) is 0 Å². The van der Waals surface area contributed by atoms with Crippen molar-refractivity contribution in [3.8, 4) is 11.5 Å². The van der Waals surface area contributed by atoms with Crippen LogP contribution in [0.3, 0.4) is 0 Å². The van der Waals surface area contributed by atoms with E-state index in [9.17, 15) is 0 Å². The van der Waals surface area contributed by atoms with Crippen molar-refractivity contribution < 1.29 is 73.8 Å². The Balaban J connectivity index is 0. The zero-order valence-electron chi connectivity index (χ0n) is 16.7. The smallest absolute Gasteiger partial charge is 0.550 e. The van der Waals surface area contributed by atoms with E-state index in [1.165, 1.54) is 0 Å². The summed E-state index contributed by atoms with van der Waals surface area (Å²) in [6.45, 7) is 6.21. The van der Waals surface area contributed by atoms with Crippen molar-refractivity contribution in [1.82, 2.24) is 0 Å². The third-order valence-corrected chi connectivity index (χ3v) is 3.05. The standard InChI is InChI=1S/C17H20N2O2S.C2H4O2.La.Li/c1-3-20-15-9-5-13(6-10-15)18-17(22)19-14-7-11-16(12-8-14)21-4-2;1-2(3)4;;/h5-12H,3-4H2,1-2H3,(H2,18,19,22);1H3,(H,3,4);;/q;;;+1/p-1. The van der Waals surface area contributed by atoms with Gasteiger partial charge in [0.2, 0.25) is 0 Å². The van der Waals surface area contributed by atoms with Crippen LogP contribution < -0.4 is 44.1 Å². The number of nitrogens with one attached hydrogen (secondary N) is 2. The Kier molecular flexibility index (Phi) is 17.6. The van der Waals surface area contributed by atoms with E-state index in [4.69, 9.17) is 31.6 Å². The van der Waals surface area contributed by atoms with E-state index >= 15 is 0 Å². The van der Waals surface area contributed by atoms with Crippen LogP contribution >= 0.6 is 12.2 Å². The molecule has 0 aliphatic carbocycles. The van der Waals surface area contributed by atoms with Crippen molar-refractivity contribution in [3.05, 3.63) is 48.5 Å². The minimum absolute atomic E-state index is 0. The molecule has 0 unspecified atom stereocenters. The largest absolute Gasteiger partial charge is 1.00 e. The number of carbonyl (C=O) groups excluding carboxylic acids is 1. The summed E-state index contributed by atoms with van der Waals surface area (Å²) in [6, 6.07) is 15.3.